The third kappa shape index (κ3) is 3.59. The zero-order valence-corrected chi connectivity index (χ0v) is 11.7. The lowest BCUT2D eigenvalue weighted by molar-refractivity contribution is 0.0921. The zero-order valence-electron chi connectivity index (χ0n) is 9.40. The van der Waals surface area contributed by atoms with E-state index in [4.69, 9.17) is 16.3 Å². The van der Waals surface area contributed by atoms with Gasteiger partial charge in [0.05, 0.1) is 0 Å². The van der Waals surface area contributed by atoms with E-state index >= 15 is 0 Å². The van der Waals surface area contributed by atoms with E-state index < -0.39 is 0 Å². The summed E-state index contributed by atoms with van der Waals surface area (Å²) >= 11 is 9.09. The number of benzene rings is 2. The molecule has 0 spiro atoms. The van der Waals surface area contributed by atoms with Crippen molar-refractivity contribution in [3.63, 3.8) is 0 Å². The molecule has 2 aromatic carbocycles. The predicted molar refractivity (Wildman–Crippen MR) is 75.4 cm³/mol. The van der Waals surface area contributed by atoms with Gasteiger partial charge in [0.15, 0.2) is 12.4 Å². The van der Waals surface area contributed by atoms with E-state index in [0.29, 0.717) is 16.3 Å². The van der Waals surface area contributed by atoms with Gasteiger partial charge < -0.3 is 4.74 Å². The maximum Gasteiger partial charge on any atom is 0.200 e. The molecule has 92 valence electrons. The minimum atomic E-state index is -0.0637. The zero-order chi connectivity index (χ0) is 13.0. The molecule has 0 aliphatic rings. The maximum absolute atomic E-state index is 11.9. The molecule has 4 heteroatoms. The average molecular weight is 326 g/mol. The van der Waals surface area contributed by atoms with Crippen molar-refractivity contribution in [3.8, 4) is 5.75 Å². The summed E-state index contributed by atoms with van der Waals surface area (Å²) in [5, 5.41) is 0.640. The van der Waals surface area contributed by atoms with Crippen LogP contribution < -0.4 is 4.74 Å². The Hall–Kier alpha value is -1.32. The first-order valence-corrected chi connectivity index (χ1v) is 6.49. The molecule has 0 N–H and O–H groups in total. The van der Waals surface area contributed by atoms with E-state index in [1.807, 2.05) is 12.1 Å². The fraction of sp³-hybridized carbons (Fsp3) is 0.0714. The largest absolute Gasteiger partial charge is 0.485 e. The smallest absolute Gasteiger partial charge is 0.200 e. The summed E-state index contributed by atoms with van der Waals surface area (Å²) in [6.07, 6.45) is 0. The lowest BCUT2D eigenvalue weighted by Crippen LogP contribution is -2.11. The normalized spacial score (nSPS) is 10.1. The van der Waals surface area contributed by atoms with Crippen molar-refractivity contribution in [2.45, 2.75) is 0 Å². The van der Waals surface area contributed by atoms with Gasteiger partial charge in [-0.1, -0.05) is 39.7 Å². The first kappa shape index (κ1) is 13.1. The van der Waals surface area contributed by atoms with Crippen molar-refractivity contribution in [1.29, 1.82) is 0 Å². The van der Waals surface area contributed by atoms with Crippen molar-refractivity contribution in [2.75, 3.05) is 6.61 Å². The third-order valence-corrected chi connectivity index (χ3v) is 3.08. The molecule has 0 aliphatic heterocycles. The molecule has 0 heterocycles. The topological polar surface area (TPSA) is 26.3 Å². The monoisotopic (exact) mass is 324 g/mol. The number of hydrogen-bond donors (Lipinski definition) is 0. The molecule has 0 amide bonds. The van der Waals surface area contributed by atoms with Crippen LogP contribution in [0.2, 0.25) is 5.02 Å². The molecule has 0 fully saturated rings. The number of hydrogen-bond acceptors (Lipinski definition) is 2. The summed E-state index contributed by atoms with van der Waals surface area (Å²) in [4.78, 5) is 11.9. The number of ketones is 1. The van der Waals surface area contributed by atoms with Crippen molar-refractivity contribution in [2.24, 2.45) is 0 Å². The van der Waals surface area contributed by atoms with Gasteiger partial charge in [0.25, 0.3) is 0 Å². The molecule has 0 unspecified atom stereocenters. The van der Waals surface area contributed by atoms with Crippen LogP contribution >= 0.6 is 27.5 Å². The van der Waals surface area contributed by atoms with Gasteiger partial charge >= 0.3 is 0 Å². The van der Waals surface area contributed by atoms with E-state index in [0.717, 1.165) is 4.47 Å². The van der Waals surface area contributed by atoms with Gasteiger partial charge in [0.1, 0.15) is 5.75 Å². The Kier molecular flexibility index (Phi) is 4.39. The lowest BCUT2D eigenvalue weighted by Gasteiger charge is -2.05. The number of Topliss-reactive ketones (excluding diaryl/α,β-unsaturated/α-hetero) is 1. The summed E-state index contributed by atoms with van der Waals surface area (Å²) in [6.45, 7) is 0.0120. The molecule has 2 rings (SSSR count). The van der Waals surface area contributed by atoms with Crippen LogP contribution in [0.1, 0.15) is 10.4 Å². The maximum atomic E-state index is 11.9. The predicted octanol–water partition coefficient (Wildman–Crippen LogP) is 4.36. The summed E-state index contributed by atoms with van der Waals surface area (Å²) in [7, 11) is 0. The highest BCUT2D eigenvalue weighted by molar-refractivity contribution is 9.10. The number of ether oxygens (including phenoxy) is 1. The molecule has 0 bridgehead atoms. The van der Waals surface area contributed by atoms with Crippen LogP contribution in [-0.2, 0) is 0 Å². The molecule has 2 nitrogen and oxygen atoms in total. The molecular formula is C14H10BrClO2. The first-order chi connectivity index (χ1) is 8.65. The van der Waals surface area contributed by atoms with Crippen LogP contribution in [-0.4, -0.2) is 12.4 Å². The quantitative estimate of drug-likeness (QED) is 0.781. The van der Waals surface area contributed by atoms with Gasteiger partial charge in [-0.05, 0) is 36.4 Å². The van der Waals surface area contributed by atoms with Crippen LogP contribution in [0.15, 0.2) is 53.0 Å². The molecule has 0 atom stereocenters. The van der Waals surface area contributed by atoms with Crippen molar-refractivity contribution in [1.82, 2.24) is 0 Å². The van der Waals surface area contributed by atoms with Crippen LogP contribution in [0.5, 0.6) is 5.75 Å². The molecular weight excluding hydrogens is 316 g/mol. The number of rotatable bonds is 4. The third-order valence-electron chi connectivity index (χ3n) is 2.33. The highest BCUT2D eigenvalue weighted by Gasteiger charge is 2.07. The van der Waals surface area contributed by atoms with E-state index in [1.54, 1.807) is 36.4 Å². The van der Waals surface area contributed by atoms with Gasteiger partial charge in [-0.15, -0.1) is 0 Å². The van der Waals surface area contributed by atoms with Crippen molar-refractivity contribution < 1.29 is 9.53 Å². The standard InChI is InChI=1S/C14H10BrClO2/c15-11-3-1-2-10(8-11)14(17)9-18-13-6-4-12(16)5-7-13/h1-8H,9H2. The van der Waals surface area contributed by atoms with E-state index in [1.165, 1.54) is 0 Å². The Morgan fingerprint density at radius 3 is 2.56 bits per heavy atom. The van der Waals surface area contributed by atoms with Gasteiger partial charge in [0, 0.05) is 15.1 Å². The molecule has 18 heavy (non-hydrogen) atoms. The number of halogens is 2. The Balaban J connectivity index is 1.98. The Morgan fingerprint density at radius 2 is 1.89 bits per heavy atom. The van der Waals surface area contributed by atoms with E-state index in [9.17, 15) is 4.79 Å². The number of carbonyl (C=O) groups is 1. The van der Waals surface area contributed by atoms with Gasteiger partial charge in [-0.3, -0.25) is 4.79 Å². The molecule has 0 saturated heterocycles. The molecule has 2 aromatic rings. The molecule has 0 aliphatic carbocycles. The number of carbonyl (C=O) groups excluding carboxylic acids is 1. The second-order valence-corrected chi connectivity index (χ2v) is 5.03. The Bertz CT molecular complexity index is 552. The summed E-state index contributed by atoms with van der Waals surface area (Å²) in [5.74, 6) is 0.564. The second-order valence-electron chi connectivity index (χ2n) is 3.68. The Labute approximate surface area is 119 Å². The average Bonchev–Trinajstić information content (AvgIpc) is 2.38. The lowest BCUT2D eigenvalue weighted by atomic mass is 10.1. The van der Waals surface area contributed by atoms with Crippen LogP contribution in [0.25, 0.3) is 0 Å². The van der Waals surface area contributed by atoms with Gasteiger partial charge in [-0.25, -0.2) is 0 Å². The van der Waals surface area contributed by atoms with E-state index in [2.05, 4.69) is 15.9 Å². The minimum Gasteiger partial charge on any atom is -0.485 e. The van der Waals surface area contributed by atoms with E-state index in [-0.39, 0.29) is 12.4 Å². The molecule has 0 saturated carbocycles. The summed E-state index contributed by atoms with van der Waals surface area (Å²) in [6, 6.07) is 14.1. The van der Waals surface area contributed by atoms with Crippen LogP contribution in [0.3, 0.4) is 0 Å². The SMILES string of the molecule is O=C(COc1ccc(Cl)cc1)c1cccc(Br)c1. The van der Waals surface area contributed by atoms with Crippen molar-refractivity contribution >= 4 is 33.3 Å². The van der Waals surface area contributed by atoms with Gasteiger partial charge in [-0.2, -0.15) is 0 Å². The molecule has 0 radical (unpaired) electrons. The minimum absolute atomic E-state index is 0.0120. The fourth-order valence-electron chi connectivity index (χ4n) is 1.42. The van der Waals surface area contributed by atoms with Gasteiger partial charge in [0.2, 0.25) is 0 Å². The second kappa shape index (κ2) is 6.03. The fourth-order valence-corrected chi connectivity index (χ4v) is 1.95. The summed E-state index contributed by atoms with van der Waals surface area (Å²) in [5.41, 5.74) is 0.623. The highest BCUT2D eigenvalue weighted by atomic mass is 79.9. The van der Waals surface area contributed by atoms with Crippen LogP contribution in [0, 0.1) is 0 Å². The Morgan fingerprint density at radius 1 is 1.17 bits per heavy atom. The molecule has 0 aromatic heterocycles. The van der Waals surface area contributed by atoms with Crippen molar-refractivity contribution in [3.05, 3.63) is 63.6 Å². The summed E-state index contributed by atoms with van der Waals surface area (Å²) < 4.78 is 6.27. The highest BCUT2D eigenvalue weighted by Crippen LogP contribution is 2.16. The first-order valence-electron chi connectivity index (χ1n) is 5.32. The van der Waals surface area contributed by atoms with Crippen LogP contribution in [0.4, 0.5) is 0 Å².